The van der Waals surface area contributed by atoms with Gasteiger partial charge in [-0.25, -0.2) is 0 Å². The van der Waals surface area contributed by atoms with Crippen molar-refractivity contribution in [1.82, 2.24) is 9.88 Å². The lowest BCUT2D eigenvalue weighted by Gasteiger charge is -2.26. The maximum Gasteiger partial charge on any atom is 0.295 e. The minimum Gasteiger partial charge on any atom is -0.507 e. The monoisotopic (exact) mass is 512 g/mol. The Labute approximate surface area is 222 Å². The highest BCUT2D eigenvalue weighted by atomic mass is 16.5. The number of rotatable bonds is 8. The van der Waals surface area contributed by atoms with Crippen molar-refractivity contribution in [1.29, 1.82) is 0 Å². The molecule has 0 spiro atoms. The molecule has 2 aromatic carbocycles. The molecule has 5 rings (SSSR count). The Morgan fingerprint density at radius 3 is 2.68 bits per heavy atom. The third kappa shape index (κ3) is 5.14. The van der Waals surface area contributed by atoms with Crippen LogP contribution in [0.25, 0.3) is 5.76 Å². The van der Waals surface area contributed by atoms with Gasteiger partial charge in [0.05, 0.1) is 18.2 Å². The van der Waals surface area contributed by atoms with E-state index >= 15 is 0 Å². The third-order valence-corrected chi connectivity index (χ3v) is 6.95. The normalized spacial score (nSPS) is 20.1. The number of pyridine rings is 1. The second kappa shape index (κ2) is 10.7. The van der Waals surface area contributed by atoms with E-state index in [-0.39, 0.29) is 24.0 Å². The van der Waals surface area contributed by atoms with Crippen molar-refractivity contribution in [3.05, 3.63) is 94.8 Å². The molecule has 3 heterocycles. The number of ether oxygens (including phenoxy) is 2. The molecule has 0 bridgehead atoms. The van der Waals surface area contributed by atoms with Crippen LogP contribution in [-0.4, -0.2) is 39.4 Å². The molecule has 7 nitrogen and oxygen atoms in total. The minimum absolute atomic E-state index is 0.0479. The van der Waals surface area contributed by atoms with Crippen LogP contribution < -0.4 is 9.47 Å². The van der Waals surface area contributed by atoms with Crippen LogP contribution in [0.15, 0.2) is 72.6 Å². The van der Waals surface area contributed by atoms with Crippen LogP contribution in [0.3, 0.4) is 0 Å². The SMILES string of the molecule is CC(C)CCOc1cccc([C@@H]2C(=C(O)c3ccc4c(c3)C[C@@H](C)O4)C(=O)C(=O)N2Cc2ccncc2)c1. The molecule has 38 heavy (non-hydrogen) atoms. The van der Waals surface area contributed by atoms with Crippen LogP contribution >= 0.6 is 0 Å². The van der Waals surface area contributed by atoms with Gasteiger partial charge in [0.15, 0.2) is 0 Å². The second-order valence-electron chi connectivity index (χ2n) is 10.3. The van der Waals surface area contributed by atoms with E-state index in [0.29, 0.717) is 35.8 Å². The van der Waals surface area contributed by atoms with Crippen LogP contribution in [0.1, 0.15) is 55.5 Å². The van der Waals surface area contributed by atoms with Crippen molar-refractivity contribution < 1.29 is 24.2 Å². The van der Waals surface area contributed by atoms with Crippen LogP contribution in [0.4, 0.5) is 0 Å². The van der Waals surface area contributed by atoms with Gasteiger partial charge in [0.2, 0.25) is 0 Å². The number of aliphatic hydroxyl groups is 1. The molecular formula is C31H32N2O5. The highest BCUT2D eigenvalue weighted by Crippen LogP contribution is 2.42. The van der Waals surface area contributed by atoms with Crippen molar-refractivity contribution in [3.63, 3.8) is 0 Å². The lowest BCUT2D eigenvalue weighted by molar-refractivity contribution is -0.140. The molecule has 0 radical (unpaired) electrons. The van der Waals surface area contributed by atoms with Gasteiger partial charge in [-0.3, -0.25) is 14.6 Å². The molecular weight excluding hydrogens is 480 g/mol. The molecule has 1 saturated heterocycles. The van der Waals surface area contributed by atoms with Gasteiger partial charge in [-0.2, -0.15) is 0 Å². The smallest absolute Gasteiger partial charge is 0.295 e. The van der Waals surface area contributed by atoms with Crippen molar-refractivity contribution in [2.45, 2.75) is 52.3 Å². The maximum atomic E-state index is 13.4. The number of Topliss-reactive ketones (excluding diaryl/α,β-unsaturated/α-hetero) is 1. The zero-order valence-electron chi connectivity index (χ0n) is 21.9. The Morgan fingerprint density at radius 1 is 1.13 bits per heavy atom. The first-order chi connectivity index (χ1) is 18.3. The lowest BCUT2D eigenvalue weighted by atomic mass is 9.94. The predicted octanol–water partition coefficient (Wildman–Crippen LogP) is 5.45. The summed E-state index contributed by atoms with van der Waals surface area (Å²) in [6.45, 7) is 7.02. The van der Waals surface area contributed by atoms with E-state index in [2.05, 4.69) is 18.8 Å². The van der Waals surface area contributed by atoms with Gasteiger partial charge in [-0.15, -0.1) is 0 Å². The summed E-state index contributed by atoms with van der Waals surface area (Å²) in [6.07, 6.45) is 4.97. The highest BCUT2D eigenvalue weighted by Gasteiger charge is 2.46. The predicted molar refractivity (Wildman–Crippen MR) is 144 cm³/mol. The highest BCUT2D eigenvalue weighted by molar-refractivity contribution is 6.46. The summed E-state index contributed by atoms with van der Waals surface area (Å²) in [5.41, 5.74) is 3.04. The Morgan fingerprint density at radius 2 is 1.92 bits per heavy atom. The first kappa shape index (κ1) is 25.5. The number of hydrogen-bond acceptors (Lipinski definition) is 6. The Balaban J connectivity index is 1.57. The molecule has 0 saturated carbocycles. The van der Waals surface area contributed by atoms with E-state index < -0.39 is 17.7 Å². The van der Waals surface area contributed by atoms with Crippen molar-refractivity contribution in [2.24, 2.45) is 5.92 Å². The average molecular weight is 513 g/mol. The zero-order valence-corrected chi connectivity index (χ0v) is 21.9. The maximum absolute atomic E-state index is 13.4. The Bertz CT molecular complexity index is 1380. The van der Waals surface area contributed by atoms with Gasteiger partial charge in [-0.1, -0.05) is 26.0 Å². The fourth-order valence-electron chi connectivity index (χ4n) is 4.99. The number of ketones is 1. The summed E-state index contributed by atoms with van der Waals surface area (Å²) >= 11 is 0. The standard InChI is InChI=1S/C31H32N2O5/c1-19(2)11-14-37-25-6-4-5-22(17-25)28-27(29(34)23-7-8-26-24(16-23)15-20(3)38-26)30(35)31(36)33(28)18-21-9-12-32-13-10-21/h4-10,12-13,16-17,19-20,28,34H,11,14-15,18H2,1-3H3/t20-,28-/m1/s1. The molecule has 1 aromatic heterocycles. The number of amides is 1. The number of carbonyl (C=O) groups excluding carboxylic acids is 2. The minimum atomic E-state index is -0.778. The molecule has 196 valence electrons. The van der Waals surface area contributed by atoms with Crippen LogP contribution in [-0.2, 0) is 22.6 Å². The summed E-state index contributed by atoms with van der Waals surface area (Å²) in [6, 6.07) is 15.6. The van der Waals surface area contributed by atoms with Crippen molar-refractivity contribution in [2.75, 3.05) is 6.61 Å². The Kier molecular flexibility index (Phi) is 7.18. The number of hydrogen-bond donors (Lipinski definition) is 1. The van der Waals surface area contributed by atoms with E-state index in [0.717, 1.165) is 23.3 Å². The summed E-state index contributed by atoms with van der Waals surface area (Å²) in [7, 11) is 0. The molecule has 1 N–H and O–H groups in total. The quantitative estimate of drug-likeness (QED) is 0.245. The van der Waals surface area contributed by atoms with Gasteiger partial charge < -0.3 is 19.5 Å². The van der Waals surface area contributed by atoms with Gasteiger partial charge >= 0.3 is 0 Å². The number of carbonyl (C=O) groups is 2. The molecule has 1 amide bonds. The zero-order chi connectivity index (χ0) is 26.8. The molecule has 2 atom stereocenters. The topological polar surface area (TPSA) is 89.0 Å². The summed E-state index contributed by atoms with van der Waals surface area (Å²) in [4.78, 5) is 32.4. The average Bonchev–Trinajstić information content (AvgIpc) is 3.40. The van der Waals surface area contributed by atoms with Gasteiger partial charge in [0, 0.05) is 30.9 Å². The first-order valence-electron chi connectivity index (χ1n) is 13.0. The second-order valence-corrected chi connectivity index (χ2v) is 10.3. The Hall–Kier alpha value is -4.13. The molecule has 1 fully saturated rings. The van der Waals surface area contributed by atoms with Gasteiger partial charge in [0.1, 0.15) is 23.4 Å². The fourth-order valence-corrected chi connectivity index (χ4v) is 4.99. The summed E-state index contributed by atoms with van der Waals surface area (Å²) in [5.74, 6) is 0.372. The molecule has 3 aromatic rings. The largest absolute Gasteiger partial charge is 0.507 e. The van der Waals surface area contributed by atoms with Gasteiger partial charge in [0.25, 0.3) is 11.7 Å². The third-order valence-electron chi connectivity index (χ3n) is 6.95. The van der Waals surface area contributed by atoms with Crippen LogP contribution in [0.2, 0.25) is 0 Å². The number of benzene rings is 2. The van der Waals surface area contributed by atoms with E-state index in [1.165, 1.54) is 4.90 Å². The molecule has 2 aliphatic heterocycles. The summed E-state index contributed by atoms with van der Waals surface area (Å²) < 4.78 is 11.8. The fraction of sp³-hybridized carbons (Fsp3) is 0.323. The number of fused-ring (bicyclic) bond motifs is 1. The molecule has 0 aliphatic carbocycles. The van der Waals surface area contributed by atoms with E-state index in [1.807, 2.05) is 49.4 Å². The number of aliphatic hydroxyl groups excluding tert-OH is 1. The van der Waals surface area contributed by atoms with E-state index in [4.69, 9.17) is 9.47 Å². The molecule has 7 heteroatoms. The van der Waals surface area contributed by atoms with Crippen molar-refractivity contribution >= 4 is 17.4 Å². The molecule has 0 unspecified atom stereocenters. The van der Waals surface area contributed by atoms with Gasteiger partial charge in [-0.05, 0) is 78.4 Å². The molecule has 2 aliphatic rings. The lowest BCUT2D eigenvalue weighted by Crippen LogP contribution is -2.29. The van der Waals surface area contributed by atoms with Crippen molar-refractivity contribution in [3.8, 4) is 11.5 Å². The first-order valence-corrected chi connectivity index (χ1v) is 13.0. The van der Waals surface area contributed by atoms with Crippen LogP contribution in [0.5, 0.6) is 11.5 Å². The van der Waals surface area contributed by atoms with E-state index in [1.54, 1.807) is 24.5 Å². The van der Waals surface area contributed by atoms with Crippen LogP contribution in [0, 0.1) is 5.92 Å². The van der Waals surface area contributed by atoms with E-state index in [9.17, 15) is 14.7 Å². The number of aromatic nitrogens is 1. The number of nitrogens with zero attached hydrogens (tertiary/aromatic N) is 2. The number of likely N-dealkylation sites (tertiary alicyclic amines) is 1. The summed E-state index contributed by atoms with van der Waals surface area (Å²) in [5, 5.41) is 11.5.